The fourth-order valence-electron chi connectivity index (χ4n) is 1.43. The van der Waals surface area contributed by atoms with Crippen LogP contribution in [0.5, 0.6) is 0 Å². The van der Waals surface area contributed by atoms with Crippen LogP contribution in [0.1, 0.15) is 5.56 Å². The molecular weight excluding hydrogens is 234 g/mol. The predicted octanol–water partition coefficient (Wildman–Crippen LogP) is 1.58. The van der Waals surface area contributed by atoms with Gasteiger partial charge in [-0.2, -0.15) is 0 Å². The number of hydrogen-bond donors (Lipinski definition) is 2. The number of nitrogen functional groups attached to an aromatic ring is 1. The van der Waals surface area contributed by atoms with Crippen molar-refractivity contribution >= 4 is 17.3 Å². The number of rotatable bonds is 4. The standard InChI is InChI=1S/C11H11N5O2/c12-10-5-9(16(17)18)6-11(15-10)14-7-8-1-3-13-4-2-8/h1-6H,7H2,(H3,12,14,15). The largest absolute Gasteiger partial charge is 0.383 e. The van der Waals surface area contributed by atoms with Gasteiger partial charge in [0.15, 0.2) is 0 Å². The second-order valence-corrected chi connectivity index (χ2v) is 3.60. The molecule has 0 saturated carbocycles. The van der Waals surface area contributed by atoms with Crippen molar-refractivity contribution < 1.29 is 4.92 Å². The second kappa shape index (κ2) is 5.09. The zero-order valence-corrected chi connectivity index (χ0v) is 9.41. The Morgan fingerprint density at radius 1 is 1.33 bits per heavy atom. The van der Waals surface area contributed by atoms with Crippen molar-refractivity contribution in [2.45, 2.75) is 6.54 Å². The lowest BCUT2D eigenvalue weighted by molar-refractivity contribution is -0.384. The van der Waals surface area contributed by atoms with E-state index in [1.165, 1.54) is 12.1 Å². The van der Waals surface area contributed by atoms with Crippen LogP contribution >= 0.6 is 0 Å². The van der Waals surface area contributed by atoms with Crippen molar-refractivity contribution in [3.8, 4) is 0 Å². The SMILES string of the molecule is Nc1cc([N+](=O)[O-])cc(NCc2ccncc2)n1. The summed E-state index contributed by atoms with van der Waals surface area (Å²) >= 11 is 0. The molecule has 2 heterocycles. The molecule has 0 aliphatic rings. The average Bonchev–Trinajstić information content (AvgIpc) is 2.37. The third kappa shape index (κ3) is 2.91. The van der Waals surface area contributed by atoms with Gasteiger partial charge in [-0.15, -0.1) is 0 Å². The van der Waals surface area contributed by atoms with Crippen molar-refractivity contribution in [2.75, 3.05) is 11.1 Å². The Kier molecular flexibility index (Phi) is 3.33. The first kappa shape index (κ1) is 11.8. The first-order valence-corrected chi connectivity index (χ1v) is 5.20. The molecule has 0 amide bonds. The molecule has 0 aliphatic heterocycles. The van der Waals surface area contributed by atoms with Gasteiger partial charge in [0.25, 0.3) is 5.69 Å². The molecule has 0 atom stereocenters. The zero-order chi connectivity index (χ0) is 13.0. The summed E-state index contributed by atoms with van der Waals surface area (Å²) in [5.74, 6) is 0.486. The molecule has 2 aromatic rings. The van der Waals surface area contributed by atoms with Crippen LogP contribution in [0.4, 0.5) is 17.3 Å². The molecule has 0 unspecified atom stereocenters. The van der Waals surface area contributed by atoms with Gasteiger partial charge in [-0.1, -0.05) is 0 Å². The molecule has 0 saturated heterocycles. The number of pyridine rings is 2. The number of nitro groups is 1. The molecule has 0 bridgehead atoms. The van der Waals surface area contributed by atoms with Gasteiger partial charge >= 0.3 is 0 Å². The molecule has 18 heavy (non-hydrogen) atoms. The van der Waals surface area contributed by atoms with Crippen molar-refractivity contribution in [1.82, 2.24) is 9.97 Å². The molecule has 92 valence electrons. The van der Waals surface area contributed by atoms with E-state index in [1.54, 1.807) is 12.4 Å². The fourth-order valence-corrected chi connectivity index (χ4v) is 1.43. The summed E-state index contributed by atoms with van der Waals surface area (Å²) in [6, 6.07) is 6.25. The monoisotopic (exact) mass is 245 g/mol. The lowest BCUT2D eigenvalue weighted by Crippen LogP contribution is -2.04. The highest BCUT2D eigenvalue weighted by atomic mass is 16.6. The highest BCUT2D eigenvalue weighted by Gasteiger charge is 2.09. The Bertz CT molecular complexity index is 559. The van der Waals surface area contributed by atoms with Gasteiger partial charge in [-0.05, 0) is 17.7 Å². The first-order chi connectivity index (χ1) is 8.65. The van der Waals surface area contributed by atoms with Crippen LogP contribution in [0.2, 0.25) is 0 Å². The van der Waals surface area contributed by atoms with Crippen LogP contribution in [0.3, 0.4) is 0 Å². The Labute approximate surface area is 103 Å². The number of nitrogens with one attached hydrogen (secondary N) is 1. The minimum absolute atomic E-state index is 0.0836. The molecule has 0 spiro atoms. The molecule has 7 heteroatoms. The maximum atomic E-state index is 10.7. The molecule has 3 N–H and O–H groups in total. The van der Waals surface area contributed by atoms with Crippen molar-refractivity contribution in [2.24, 2.45) is 0 Å². The van der Waals surface area contributed by atoms with Crippen molar-refractivity contribution in [1.29, 1.82) is 0 Å². The maximum Gasteiger partial charge on any atom is 0.276 e. The molecule has 2 rings (SSSR count). The van der Waals surface area contributed by atoms with Crippen LogP contribution in [-0.4, -0.2) is 14.9 Å². The highest BCUT2D eigenvalue weighted by molar-refractivity contribution is 5.52. The fraction of sp³-hybridized carbons (Fsp3) is 0.0909. The van der Waals surface area contributed by atoms with E-state index < -0.39 is 4.92 Å². The summed E-state index contributed by atoms with van der Waals surface area (Å²) in [7, 11) is 0. The van der Waals surface area contributed by atoms with Crippen LogP contribution < -0.4 is 11.1 Å². The van der Waals surface area contributed by atoms with E-state index in [0.29, 0.717) is 12.4 Å². The van der Waals surface area contributed by atoms with Gasteiger partial charge in [0.2, 0.25) is 0 Å². The van der Waals surface area contributed by atoms with E-state index in [0.717, 1.165) is 5.56 Å². The molecule has 0 fully saturated rings. The minimum atomic E-state index is -0.504. The number of nitrogens with two attached hydrogens (primary N) is 1. The van der Waals surface area contributed by atoms with E-state index in [-0.39, 0.29) is 11.5 Å². The summed E-state index contributed by atoms with van der Waals surface area (Å²) in [4.78, 5) is 18.0. The number of aromatic nitrogens is 2. The van der Waals surface area contributed by atoms with E-state index in [1.807, 2.05) is 12.1 Å². The van der Waals surface area contributed by atoms with E-state index in [2.05, 4.69) is 15.3 Å². The molecule has 2 aromatic heterocycles. The van der Waals surface area contributed by atoms with Crippen LogP contribution in [0.15, 0.2) is 36.7 Å². The lowest BCUT2D eigenvalue weighted by atomic mass is 10.2. The summed E-state index contributed by atoms with van der Waals surface area (Å²) < 4.78 is 0. The molecule has 0 aliphatic carbocycles. The summed E-state index contributed by atoms with van der Waals surface area (Å²) in [6.45, 7) is 0.496. The third-order valence-corrected chi connectivity index (χ3v) is 2.26. The number of hydrogen-bond acceptors (Lipinski definition) is 6. The van der Waals surface area contributed by atoms with Gasteiger partial charge in [-0.3, -0.25) is 15.1 Å². The number of anilines is 2. The highest BCUT2D eigenvalue weighted by Crippen LogP contribution is 2.19. The number of nitrogens with zero attached hydrogens (tertiary/aromatic N) is 3. The summed E-state index contributed by atoms with van der Waals surface area (Å²) in [5.41, 5.74) is 6.41. The average molecular weight is 245 g/mol. The van der Waals surface area contributed by atoms with Gasteiger partial charge < -0.3 is 11.1 Å². The topological polar surface area (TPSA) is 107 Å². The van der Waals surface area contributed by atoms with E-state index in [9.17, 15) is 10.1 Å². The molecule has 0 radical (unpaired) electrons. The van der Waals surface area contributed by atoms with E-state index in [4.69, 9.17) is 5.73 Å². The Hall–Kier alpha value is -2.70. The van der Waals surface area contributed by atoms with Crippen molar-refractivity contribution in [3.05, 3.63) is 52.3 Å². The Morgan fingerprint density at radius 3 is 2.72 bits per heavy atom. The smallest absolute Gasteiger partial charge is 0.276 e. The molecule has 7 nitrogen and oxygen atoms in total. The predicted molar refractivity (Wildman–Crippen MR) is 66.9 cm³/mol. The van der Waals surface area contributed by atoms with Crippen LogP contribution in [0.25, 0.3) is 0 Å². The normalized spacial score (nSPS) is 10.0. The third-order valence-electron chi connectivity index (χ3n) is 2.26. The first-order valence-electron chi connectivity index (χ1n) is 5.20. The molecular formula is C11H11N5O2. The summed E-state index contributed by atoms with van der Waals surface area (Å²) in [5, 5.41) is 13.6. The Morgan fingerprint density at radius 2 is 2.06 bits per heavy atom. The van der Waals surface area contributed by atoms with Gasteiger partial charge in [0.05, 0.1) is 17.1 Å². The minimum Gasteiger partial charge on any atom is -0.383 e. The van der Waals surface area contributed by atoms with Gasteiger partial charge in [0, 0.05) is 18.9 Å². The molecule has 0 aromatic carbocycles. The lowest BCUT2D eigenvalue weighted by Gasteiger charge is -2.06. The van der Waals surface area contributed by atoms with E-state index >= 15 is 0 Å². The van der Waals surface area contributed by atoms with Gasteiger partial charge in [-0.25, -0.2) is 4.98 Å². The van der Waals surface area contributed by atoms with Crippen molar-refractivity contribution in [3.63, 3.8) is 0 Å². The maximum absolute atomic E-state index is 10.7. The van der Waals surface area contributed by atoms with Gasteiger partial charge in [0.1, 0.15) is 11.6 Å². The van der Waals surface area contributed by atoms with Crippen LogP contribution in [0, 0.1) is 10.1 Å². The quantitative estimate of drug-likeness (QED) is 0.625. The zero-order valence-electron chi connectivity index (χ0n) is 9.41. The van der Waals surface area contributed by atoms with Crippen LogP contribution in [-0.2, 0) is 6.54 Å². The second-order valence-electron chi connectivity index (χ2n) is 3.60. The Balaban J connectivity index is 2.12. The summed E-state index contributed by atoms with van der Waals surface area (Å²) in [6.07, 6.45) is 3.35.